The summed E-state index contributed by atoms with van der Waals surface area (Å²) in [4.78, 5) is 187. The average Bonchev–Trinajstić information content (AvgIpc) is 1.62. The van der Waals surface area contributed by atoms with Crippen LogP contribution < -0.4 is 54.8 Å². The normalized spacial score (nSPS) is 18.0. The van der Waals surface area contributed by atoms with E-state index in [9.17, 15) is 83.4 Å². The molecule has 3 saturated heterocycles. The van der Waals surface area contributed by atoms with E-state index in [1.807, 2.05) is 0 Å². The summed E-state index contributed by atoms with van der Waals surface area (Å²) in [6.07, 6.45) is -0.0523. The number of phenols is 1. The SMILES string of the molecule is CC[C@H](C)[C@H](NC(=O)[C@H](Cc1ccc(O)cc1)NC(=O)[C@@H]1CCCN1C(=O)[C@H](CCCN=C(N)N)NC(=O)[C@H](CC1CCN(C(=N)N)C1)NC(=O)[C@@H]1CCCN1C(=O)[C@@H](CCCCN)NC(=O)N(CCN(CCN(CC(=O)O)CC(=O)O)CC(=O)O)C(=O)O)C(=O)N[C@@H](CC(C)C)C(=O)O. The van der Waals surface area contributed by atoms with E-state index < -0.39 is 164 Å². The highest BCUT2D eigenvalue weighted by atomic mass is 16.4. The molecule has 1 aromatic rings. The molecule has 0 radical (unpaired) electrons. The maximum atomic E-state index is 15.1. The highest BCUT2D eigenvalue weighted by molar-refractivity contribution is 5.99. The number of carbonyl (C=O) groups excluding carboxylic acids is 8. The number of hydrogen-bond donors (Lipinski definition) is 17. The molecular weight excluding hydrogens is 1310 g/mol. The minimum atomic E-state index is -1.80. The standard InChI is InChI=1S/C63H102N18O19/c1-5-37(4)51(56(93)73-45(59(96)97)29-36(2)3)75-53(90)43(30-38-15-17-40(82)18-16-38)71-54(91)46-13-9-22-79(46)57(94)41(12-8-21-69-60(65)66)70-52(89)44(31-39-19-24-78(32-39)61(67)68)72-55(92)47-14-10-23-80(47)58(95)42(11-6-7-20-64)74-62(98)81(63(99)100)28-27-76(33-48(83)84)25-26-77(34-49(85)86)35-50(87)88/h15-18,36-37,39,41-47,51,82H,5-14,19-35,64H2,1-4H3,(H3,67,68)(H,70,89)(H,71,91)(H,72,92)(H,73,93)(H,74,98)(H,75,90)(H,83,84)(H,85,86)(H,87,88)(H,96,97)(H,99,100)(H4,65,66,69)/t37-,39?,41-,42+,43-,44-,45-,46-,47-,51-/m0/s1. The van der Waals surface area contributed by atoms with Crippen molar-refractivity contribution in [3.63, 3.8) is 0 Å². The number of carboxylic acid groups (broad SMARTS) is 5. The molecule has 3 aliphatic rings. The number of hydrogen-bond acceptors (Lipinski definition) is 19. The number of rotatable bonds is 42. The Balaban J connectivity index is 1.64. The first kappa shape index (κ1) is 82.8. The van der Waals surface area contributed by atoms with Gasteiger partial charge >= 0.3 is 36.0 Å². The van der Waals surface area contributed by atoms with Crippen LogP contribution in [0.15, 0.2) is 29.3 Å². The van der Waals surface area contributed by atoms with Crippen molar-refractivity contribution in [2.75, 3.05) is 85.1 Å². The molecule has 1 unspecified atom stereocenters. The summed E-state index contributed by atoms with van der Waals surface area (Å²) in [7, 11) is 0. The summed E-state index contributed by atoms with van der Waals surface area (Å²) in [6.45, 7) is 3.89. The monoisotopic (exact) mass is 1410 g/mol. The molecule has 37 heteroatoms. The van der Waals surface area contributed by atoms with Crippen molar-refractivity contribution < 1.29 is 93.0 Å². The second-order valence-corrected chi connectivity index (χ2v) is 25.9. The predicted molar refractivity (Wildman–Crippen MR) is 359 cm³/mol. The molecule has 10 amide bonds. The Labute approximate surface area is 579 Å². The van der Waals surface area contributed by atoms with E-state index in [2.05, 4.69) is 36.9 Å². The van der Waals surface area contributed by atoms with Gasteiger partial charge in [-0.25, -0.2) is 19.3 Å². The molecule has 21 N–H and O–H groups in total. The third-order valence-corrected chi connectivity index (χ3v) is 17.7. The molecule has 3 heterocycles. The van der Waals surface area contributed by atoms with Gasteiger partial charge in [-0.15, -0.1) is 0 Å². The number of carboxylic acids is 4. The molecule has 0 saturated carbocycles. The first-order chi connectivity index (χ1) is 47.2. The Morgan fingerprint density at radius 3 is 1.65 bits per heavy atom. The van der Waals surface area contributed by atoms with Gasteiger partial charge in [0, 0.05) is 65.3 Å². The lowest BCUT2D eigenvalue weighted by molar-refractivity contribution is -0.144. The number of benzene rings is 1. The predicted octanol–water partition coefficient (Wildman–Crippen LogP) is -2.78. The van der Waals surface area contributed by atoms with Gasteiger partial charge in [-0.2, -0.15) is 0 Å². The Morgan fingerprint density at radius 2 is 1.14 bits per heavy atom. The largest absolute Gasteiger partial charge is 0.508 e. The second kappa shape index (κ2) is 41.0. The van der Waals surface area contributed by atoms with Gasteiger partial charge in [0.05, 0.1) is 19.6 Å². The number of aliphatic carboxylic acids is 4. The number of phenolic OH excluding ortho intramolecular Hbond substituents is 1. The van der Waals surface area contributed by atoms with Crippen molar-refractivity contribution >= 4 is 89.3 Å². The fraction of sp³-hybridized carbons (Fsp3) is 0.667. The Bertz CT molecular complexity index is 3030. The van der Waals surface area contributed by atoms with Crippen LogP contribution in [-0.4, -0.2) is 283 Å². The zero-order chi connectivity index (χ0) is 74.5. The lowest BCUT2D eigenvalue weighted by Gasteiger charge is -2.32. The number of unbranched alkanes of at least 4 members (excludes halogenated alkanes) is 1. The summed E-state index contributed by atoms with van der Waals surface area (Å²) in [6, 6.07) is -6.31. The molecule has 0 aliphatic carbocycles. The van der Waals surface area contributed by atoms with E-state index in [0.29, 0.717) is 36.3 Å². The first-order valence-electron chi connectivity index (χ1n) is 33.6. The molecule has 0 spiro atoms. The van der Waals surface area contributed by atoms with Crippen molar-refractivity contribution in [2.45, 2.75) is 166 Å². The van der Waals surface area contributed by atoms with E-state index in [1.165, 1.54) is 34.1 Å². The van der Waals surface area contributed by atoms with Crippen LogP contribution in [0.3, 0.4) is 0 Å². The van der Waals surface area contributed by atoms with E-state index in [-0.39, 0.29) is 146 Å². The third-order valence-electron chi connectivity index (χ3n) is 17.7. The van der Waals surface area contributed by atoms with Crippen LogP contribution in [0.2, 0.25) is 0 Å². The zero-order valence-corrected chi connectivity index (χ0v) is 57.2. The molecule has 1 aromatic carbocycles. The molecule has 3 aliphatic heterocycles. The molecule has 10 atom stereocenters. The highest BCUT2D eigenvalue weighted by Gasteiger charge is 2.44. The Morgan fingerprint density at radius 1 is 0.620 bits per heavy atom. The van der Waals surface area contributed by atoms with Crippen LogP contribution in [-0.2, 0) is 59.2 Å². The summed E-state index contributed by atoms with van der Waals surface area (Å²) in [5, 5.41) is 82.6. The maximum Gasteiger partial charge on any atom is 0.415 e. The van der Waals surface area contributed by atoms with Crippen LogP contribution in [0, 0.1) is 23.2 Å². The summed E-state index contributed by atoms with van der Waals surface area (Å²) in [5.41, 5.74) is 23.4. The van der Waals surface area contributed by atoms with Crippen molar-refractivity contribution in [1.82, 2.24) is 61.3 Å². The zero-order valence-electron chi connectivity index (χ0n) is 57.2. The molecule has 3 fully saturated rings. The molecule has 0 aromatic heterocycles. The lowest BCUT2D eigenvalue weighted by Crippen LogP contribution is -2.61. The van der Waals surface area contributed by atoms with Crippen LogP contribution in [0.4, 0.5) is 9.59 Å². The molecule has 100 heavy (non-hydrogen) atoms. The molecule has 558 valence electrons. The van der Waals surface area contributed by atoms with E-state index in [4.69, 9.17) is 28.3 Å². The van der Waals surface area contributed by atoms with Crippen molar-refractivity contribution in [3.8, 4) is 5.75 Å². The number of aliphatic imine (C=N–C) groups is 1. The van der Waals surface area contributed by atoms with E-state index in [0.717, 1.165) is 9.80 Å². The average molecular weight is 1420 g/mol. The molecule has 0 bridgehead atoms. The third kappa shape index (κ3) is 27.2. The second-order valence-electron chi connectivity index (χ2n) is 25.9. The maximum absolute atomic E-state index is 15.1. The quantitative estimate of drug-likeness (QED) is 0.0179. The van der Waals surface area contributed by atoms with Crippen molar-refractivity contribution in [1.29, 1.82) is 5.41 Å². The number of likely N-dealkylation sites (tertiary alicyclic amines) is 3. The summed E-state index contributed by atoms with van der Waals surface area (Å²) < 4.78 is 0. The lowest BCUT2D eigenvalue weighted by atomic mass is 9.96. The van der Waals surface area contributed by atoms with Crippen LogP contribution in [0.25, 0.3) is 0 Å². The highest BCUT2D eigenvalue weighted by Crippen LogP contribution is 2.26. The van der Waals surface area contributed by atoms with Gasteiger partial charge in [-0.3, -0.25) is 68.1 Å². The summed E-state index contributed by atoms with van der Waals surface area (Å²) in [5.74, 6) is -12.6. The van der Waals surface area contributed by atoms with Gasteiger partial charge in [0.2, 0.25) is 41.4 Å². The number of nitrogens with one attached hydrogen (secondary N) is 7. The Hall–Kier alpha value is -9.65. The number of aromatic hydroxyl groups is 1. The number of nitrogens with zero attached hydrogens (tertiary/aromatic N) is 7. The number of amides is 10. The van der Waals surface area contributed by atoms with Gasteiger partial charge < -0.3 is 100 Å². The smallest absolute Gasteiger partial charge is 0.415 e. The van der Waals surface area contributed by atoms with Crippen LogP contribution >= 0.6 is 0 Å². The fourth-order valence-electron chi connectivity index (χ4n) is 12.2. The van der Waals surface area contributed by atoms with Gasteiger partial charge in [0.1, 0.15) is 54.1 Å². The number of guanidine groups is 2. The van der Waals surface area contributed by atoms with Gasteiger partial charge in [-0.1, -0.05) is 46.2 Å². The minimum Gasteiger partial charge on any atom is -0.508 e. The van der Waals surface area contributed by atoms with E-state index in [1.54, 1.807) is 32.6 Å². The van der Waals surface area contributed by atoms with Crippen LogP contribution in [0.1, 0.15) is 117 Å². The van der Waals surface area contributed by atoms with Gasteiger partial charge in [0.15, 0.2) is 11.9 Å². The van der Waals surface area contributed by atoms with Crippen LogP contribution in [0.5, 0.6) is 5.75 Å². The van der Waals surface area contributed by atoms with Gasteiger partial charge in [0.25, 0.3) is 0 Å². The van der Waals surface area contributed by atoms with Crippen molar-refractivity contribution in [3.05, 3.63) is 29.8 Å². The van der Waals surface area contributed by atoms with E-state index >= 15 is 9.59 Å². The number of imide groups is 1. The first-order valence-corrected chi connectivity index (χ1v) is 33.6. The number of carbonyl (C=O) groups is 13. The van der Waals surface area contributed by atoms with Crippen molar-refractivity contribution in [2.24, 2.45) is 45.7 Å². The number of urea groups is 1. The number of nitrogens with two attached hydrogens (primary N) is 4. The molecule has 4 rings (SSSR count). The fourth-order valence-corrected chi connectivity index (χ4v) is 12.2. The topological polar surface area (TPSA) is 575 Å². The minimum absolute atomic E-state index is 0.000411. The molecule has 37 nitrogen and oxygen atoms in total. The summed E-state index contributed by atoms with van der Waals surface area (Å²) >= 11 is 0. The van der Waals surface area contributed by atoms with Gasteiger partial charge in [-0.05, 0) is 119 Å². The molecular formula is C63H102N18O19. The Kier molecular flexibility index (Phi) is 34.0.